The Morgan fingerprint density at radius 3 is 2.48 bits per heavy atom. The molecule has 2 aromatic heterocycles. The van der Waals surface area contributed by atoms with Gasteiger partial charge in [0, 0.05) is 44.8 Å². The first kappa shape index (κ1) is 30.4. The lowest BCUT2D eigenvalue weighted by Crippen LogP contribution is -2.29. The van der Waals surface area contributed by atoms with E-state index in [9.17, 15) is 28.0 Å². The Bertz CT molecular complexity index is 2070. The molecule has 3 heterocycles. The lowest BCUT2D eigenvalue weighted by Gasteiger charge is -2.11. The van der Waals surface area contributed by atoms with E-state index in [4.69, 9.17) is 0 Å². The Morgan fingerprint density at radius 2 is 1.67 bits per heavy atom. The monoisotopic (exact) mass is 636 g/mol. The summed E-state index contributed by atoms with van der Waals surface area (Å²) in [5.41, 5.74) is 2.51. The van der Waals surface area contributed by atoms with E-state index in [1.165, 1.54) is 39.9 Å². The number of rotatable bonds is 9. The second kappa shape index (κ2) is 13.1. The van der Waals surface area contributed by atoms with Gasteiger partial charge in [0.15, 0.2) is 11.6 Å². The Labute approximate surface area is 266 Å². The molecule has 46 heavy (non-hydrogen) atoms. The molecular formula is C35H26F2N4O4S. The largest absolute Gasteiger partial charge is 0.322 e. The van der Waals surface area contributed by atoms with Crippen LogP contribution in [-0.4, -0.2) is 22.3 Å². The fraction of sp³-hybridized carbons (Fsp3) is 0.0857. The maximum Gasteiger partial charge on any atom is 0.263 e. The molecule has 0 spiro atoms. The van der Waals surface area contributed by atoms with Gasteiger partial charge in [0.1, 0.15) is 5.56 Å². The summed E-state index contributed by atoms with van der Waals surface area (Å²) in [4.78, 5) is 53.1. The number of benzene rings is 3. The molecule has 3 amide bonds. The van der Waals surface area contributed by atoms with Gasteiger partial charge in [0.2, 0.25) is 0 Å². The number of amides is 3. The van der Waals surface area contributed by atoms with Crippen molar-refractivity contribution in [3.8, 4) is 0 Å². The number of nitrogens with one attached hydrogen (secondary N) is 3. The van der Waals surface area contributed by atoms with Crippen LogP contribution < -0.4 is 21.5 Å². The number of pyridine rings is 1. The fourth-order valence-electron chi connectivity index (χ4n) is 5.09. The number of hydrogen-bond acceptors (Lipinski definition) is 5. The average Bonchev–Trinajstić information content (AvgIpc) is 3.67. The van der Waals surface area contributed by atoms with Crippen molar-refractivity contribution < 1.29 is 23.2 Å². The van der Waals surface area contributed by atoms with Gasteiger partial charge in [-0.1, -0.05) is 24.3 Å². The molecule has 1 aliphatic rings. The van der Waals surface area contributed by atoms with Crippen molar-refractivity contribution in [1.82, 2.24) is 4.57 Å². The molecule has 5 aromatic rings. The van der Waals surface area contributed by atoms with E-state index in [1.807, 2.05) is 17.5 Å². The Kier molecular flexibility index (Phi) is 8.66. The number of aryl methyl sites for hydroxylation is 1. The van der Waals surface area contributed by atoms with Crippen LogP contribution in [-0.2, 0) is 17.8 Å². The first-order chi connectivity index (χ1) is 22.2. The lowest BCUT2D eigenvalue weighted by atomic mass is 10.0. The number of anilines is 3. The number of thiophene rings is 1. The first-order valence-electron chi connectivity index (χ1n) is 14.3. The number of carbonyl (C=O) groups excluding carboxylic acids is 3. The number of fused-ring (bicyclic) bond motifs is 1. The summed E-state index contributed by atoms with van der Waals surface area (Å²) in [6, 6.07) is 21.6. The molecular weight excluding hydrogens is 610 g/mol. The predicted octanol–water partition coefficient (Wildman–Crippen LogP) is 6.71. The van der Waals surface area contributed by atoms with Crippen molar-refractivity contribution in [2.45, 2.75) is 19.4 Å². The van der Waals surface area contributed by atoms with Crippen molar-refractivity contribution in [3.05, 3.63) is 152 Å². The molecule has 3 aromatic carbocycles. The predicted molar refractivity (Wildman–Crippen MR) is 174 cm³/mol. The summed E-state index contributed by atoms with van der Waals surface area (Å²) >= 11 is 1.67. The summed E-state index contributed by atoms with van der Waals surface area (Å²) in [6.07, 6.45) is 4.87. The molecule has 11 heteroatoms. The SMILES string of the molecule is O=C1Nc2ccc(NC(=O)c3cccc(NC(=O)c4cccn(Cc5ccc(F)c(F)c5)c4=O)c3)cc2/C1=C/CCc1cccs1. The fourth-order valence-corrected chi connectivity index (χ4v) is 5.82. The molecule has 0 radical (unpaired) electrons. The van der Waals surface area contributed by atoms with Crippen LogP contribution in [0, 0.1) is 11.6 Å². The van der Waals surface area contributed by atoms with Gasteiger partial charge in [-0.2, -0.15) is 0 Å². The van der Waals surface area contributed by atoms with Gasteiger partial charge in [-0.05, 0) is 90.5 Å². The number of hydrogen-bond donors (Lipinski definition) is 3. The summed E-state index contributed by atoms with van der Waals surface area (Å²) in [6.45, 7) is -0.0633. The quantitative estimate of drug-likeness (QED) is 0.156. The highest BCUT2D eigenvalue weighted by Crippen LogP contribution is 2.34. The molecule has 230 valence electrons. The van der Waals surface area contributed by atoms with E-state index in [0.29, 0.717) is 34.5 Å². The van der Waals surface area contributed by atoms with Gasteiger partial charge >= 0.3 is 0 Å². The van der Waals surface area contributed by atoms with E-state index in [2.05, 4.69) is 22.0 Å². The van der Waals surface area contributed by atoms with E-state index < -0.39 is 29.0 Å². The van der Waals surface area contributed by atoms with E-state index >= 15 is 0 Å². The van der Waals surface area contributed by atoms with Crippen molar-refractivity contribution in [2.75, 3.05) is 16.0 Å². The smallest absolute Gasteiger partial charge is 0.263 e. The van der Waals surface area contributed by atoms with Crippen LogP contribution in [0.5, 0.6) is 0 Å². The van der Waals surface area contributed by atoms with Gasteiger partial charge < -0.3 is 20.5 Å². The van der Waals surface area contributed by atoms with Crippen LogP contribution in [0.3, 0.4) is 0 Å². The minimum Gasteiger partial charge on any atom is -0.322 e. The van der Waals surface area contributed by atoms with Crippen molar-refractivity contribution in [3.63, 3.8) is 0 Å². The normalized spacial score (nSPS) is 12.9. The van der Waals surface area contributed by atoms with Crippen LogP contribution in [0.4, 0.5) is 25.8 Å². The van der Waals surface area contributed by atoms with Gasteiger partial charge in [0.05, 0.1) is 6.54 Å². The number of aromatic nitrogens is 1. The minimum atomic E-state index is -1.03. The van der Waals surface area contributed by atoms with E-state index in [0.717, 1.165) is 18.6 Å². The molecule has 0 saturated heterocycles. The molecule has 6 rings (SSSR count). The molecule has 0 unspecified atom stereocenters. The van der Waals surface area contributed by atoms with Crippen LogP contribution in [0.1, 0.15) is 43.1 Å². The summed E-state index contributed by atoms with van der Waals surface area (Å²) in [7, 11) is 0. The first-order valence-corrected chi connectivity index (χ1v) is 15.2. The Balaban J connectivity index is 1.13. The molecule has 0 bridgehead atoms. The maximum atomic E-state index is 13.6. The molecule has 0 saturated carbocycles. The summed E-state index contributed by atoms with van der Waals surface area (Å²) in [5.74, 6) is -3.36. The van der Waals surface area contributed by atoms with Crippen LogP contribution in [0.2, 0.25) is 0 Å². The van der Waals surface area contributed by atoms with E-state index in [1.54, 1.807) is 47.7 Å². The second-order valence-electron chi connectivity index (χ2n) is 10.5. The third-order valence-corrected chi connectivity index (χ3v) is 8.30. The zero-order valence-corrected chi connectivity index (χ0v) is 25.0. The highest BCUT2D eigenvalue weighted by molar-refractivity contribution is 7.09. The third kappa shape index (κ3) is 6.69. The zero-order chi connectivity index (χ0) is 32.2. The van der Waals surface area contributed by atoms with Crippen LogP contribution in [0.25, 0.3) is 5.57 Å². The van der Waals surface area contributed by atoms with Crippen molar-refractivity contribution >= 4 is 51.7 Å². The van der Waals surface area contributed by atoms with Gasteiger partial charge in [-0.15, -0.1) is 11.3 Å². The van der Waals surface area contributed by atoms with Gasteiger partial charge in [0.25, 0.3) is 23.3 Å². The van der Waals surface area contributed by atoms with Crippen LogP contribution in [0.15, 0.2) is 107 Å². The standard InChI is InChI=1S/C35H26F2N4O4S/c36-29-13-11-21(17-30(29)37)20-41-15-3-10-27(35(41)45)34(44)39-23-6-1-5-22(18-23)32(42)38-24-12-14-31-28(19-24)26(33(43)40-31)9-2-7-25-8-4-16-46-25/h1,3-6,8-19H,2,7,20H2,(H,38,42)(H,39,44)(H,40,43)/b26-9-. The Morgan fingerprint density at radius 1 is 0.848 bits per heavy atom. The van der Waals surface area contributed by atoms with Crippen molar-refractivity contribution in [1.29, 1.82) is 0 Å². The number of carbonyl (C=O) groups is 3. The molecule has 0 fully saturated rings. The number of halogens is 2. The summed E-state index contributed by atoms with van der Waals surface area (Å²) < 4.78 is 28.1. The van der Waals surface area contributed by atoms with Crippen LogP contribution >= 0.6 is 11.3 Å². The molecule has 1 aliphatic heterocycles. The lowest BCUT2D eigenvalue weighted by molar-refractivity contribution is -0.110. The van der Waals surface area contributed by atoms with Crippen molar-refractivity contribution in [2.24, 2.45) is 0 Å². The topological polar surface area (TPSA) is 109 Å². The molecule has 3 N–H and O–H groups in total. The highest BCUT2D eigenvalue weighted by atomic mass is 32.1. The third-order valence-electron chi connectivity index (χ3n) is 7.36. The average molecular weight is 637 g/mol. The number of allylic oxidation sites excluding steroid dienone is 1. The number of nitrogens with zero attached hydrogens (tertiary/aromatic N) is 1. The minimum absolute atomic E-state index is 0.0633. The molecule has 0 aliphatic carbocycles. The van der Waals surface area contributed by atoms with Gasteiger partial charge in [-0.25, -0.2) is 8.78 Å². The Hall–Kier alpha value is -5.68. The van der Waals surface area contributed by atoms with E-state index in [-0.39, 0.29) is 29.3 Å². The zero-order valence-electron chi connectivity index (χ0n) is 24.2. The maximum absolute atomic E-state index is 13.6. The van der Waals surface area contributed by atoms with Gasteiger partial charge in [-0.3, -0.25) is 19.2 Å². The molecule has 0 atom stereocenters. The second-order valence-corrected chi connectivity index (χ2v) is 11.6. The molecule has 8 nitrogen and oxygen atoms in total. The summed E-state index contributed by atoms with van der Waals surface area (Å²) in [5, 5.41) is 10.4. The highest BCUT2D eigenvalue weighted by Gasteiger charge is 2.24.